The Hall–Kier alpha value is -1.07. The van der Waals surface area contributed by atoms with Crippen molar-refractivity contribution in [1.82, 2.24) is 4.90 Å². The van der Waals surface area contributed by atoms with Gasteiger partial charge in [0.1, 0.15) is 0 Å². The highest BCUT2D eigenvalue weighted by atomic mass is 35.5. The van der Waals surface area contributed by atoms with E-state index in [9.17, 15) is 0 Å². The summed E-state index contributed by atoms with van der Waals surface area (Å²) in [5, 5.41) is 0. The molecule has 2 aromatic rings. The molecule has 21 heavy (non-hydrogen) atoms. The molecule has 0 aliphatic carbocycles. The van der Waals surface area contributed by atoms with Crippen LogP contribution < -0.4 is 10.6 Å². The lowest BCUT2D eigenvalue weighted by atomic mass is 10.1. The van der Waals surface area contributed by atoms with Gasteiger partial charge >= 0.3 is 0 Å². The summed E-state index contributed by atoms with van der Waals surface area (Å²) in [4.78, 5) is 6.18. The van der Waals surface area contributed by atoms with Gasteiger partial charge in [-0.15, -0.1) is 11.3 Å². The molecule has 1 aromatic heterocycles. The Balaban J connectivity index is 1.64. The second-order valence-corrected chi connectivity index (χ2v) is 7.00. The molecular formula is C16H20ClN3S. The Morgan fingerprint density at radius 1 is 1.05 bits per heavy atom. The van der Waals surface area contributed by atoms with Gasteiger partial charge in [-0.2, -0.15) is 0 Å². The van der Waals surface area contributed by atoms with Crippen LogP contribution in [-0.2, 0) is 0 Å². The number of nitrogens with two attached hydrogens (primary N) is 1. The fourth-order valence-electron chi connectivity index (χ4n) is 2.88. The molecule has 2 heterocycles. The van der Waals surface area contributed by atoms with Crippen molar-refractivity contribution in [2.75, 3.05) is 37.6 Å². The first-order chi connectivity index (χ1) is 10.3. The number of hydrogen-bond acceptors (Lipinski definition) is 4. The number of benzene rings is 1. The maximum absolute atomic E-state index is 6.05. The van der Waals surface area contributed by atoms with E-state index < -0.39 is 0 Å². The van der Waals surface area contributed by atoms with Crippen LogP contribution in [-0.4, -0.2) is 37.6 Å². The summed E-state index contributed by atoms with van der Waals surface area (Å²) < 4.78 is 0.839. The molecule has 0 radical (unpaired) electrons. The molecule has 1 aliphatic rings. The van der Waals surface area contributed by atoms with Crippen molar-refractivity contribution in [2.24, 2.45) is 5.73 Å². The van der Waals surface area contributed by atoms with Gasteiger partial charge in [-0.1, -0.05) is 29.8 Å². The number of thiophene rings is 1. The summed E-state index contributed by atoms with van der Waals surface area (Å²) >= 11 is 7.70. The summed E-state index contributed by atoms with van der Waals surface area (Å²) in [6.45, 7) is 4.79. The minimum absolute atomic E-state index is 0.292. The van der Waals surface area contributed by atoms with Gasteiger partial charge in [-0.05, 0) is 24.3 Å². The summed E-state index contributed by atoms with van der Waals surface area (Å²) in [5.41, 5.74) is 7.31. The zero-order chi connectivity index (χ0) is 14.7. The van der Waals surface area contributed by atoms with E-state index in [0.717, 1.165) is 30.5 Å². The molecule has 1 aromatic carbocycles. The van der Waals surface area contributed by atoms with Gasteiger partial charge in [-0.3, -0.25) is 4.90 Å². The molecule has 0 spiro atoms. The SMILES string of the molecule is NCC(c1ccc(Cl)s1)N1CCN(c2ccccc2)CC1. The number of anilines is 1. The standard InChI is InChI=1S/C16H20ClN3S/c17-16-7-6-15(21-16)14(12-18)20-10-8-19(9-11-20)13-4-2-1-3-5-13/h1-7,14H,8-12,18H2. The Labute approximate surface area is 134 Å². The molecule has 112 valence electrons. The average Bonchev–Trinajstić information content (AvgIpc) is 2.96. The van der Waals surface area contributed by atoms with Gasteiger partial charge in [0.05, 0.1) is 10.4 Å². The van der Waals surface area contributed by atoms with Crippen LogP contribution in [0.2, 0.25) is 4.34 Å². The average molecular weight is 322 g/mol. The van der Waals surface area contributed by atoms with E-state index in [1.807, 2.05) is 6.07 Å². The first-order valence-electron chi connectivity index (χ1n) is 7.27. The number of piperazine rings is 1. The second-order valence-electron chi connectivity index (χ2n) is 5.25. The van der Waals surface area contributed by atoms with Crippen LogP contribution in [0, 0.1) is 0 Å². The molecule has 5 heteroatoms. The van der Waals surface area contributed by atoms with E-state index in [1.54, 1.807) is 11.3 Å². The topological polar surface area (TPSA) is 32.5 Å². The van der Waals surface area contributed by atoms with Crippen LogP contribution in [0.5, 0.6) is 0 Å². The summed E-state index contributed by atoms with van der Waals surface area (Å²) in [7, 11) is 0. The molecule has 1 unspecified atom stereocenters. The number of nitrogens with zero attached hydrogens (tertiary/aromatic N) is 2. The number of halogens is 1. The molecular weight excluding hydrogens is 302 g/mol. The van der Waals surface area contributed by atoms with E-state index in [0.29, 0.717) is 12.6 Å². The van der Waals surface area contributed by atoms with Crippen molar-refractivity contribution in [3.63, 3.8) is 0 Å². The molecule has 0 amide bonds. The summed E-state index contributed by atoms with van der Waals surface area (Å²) in [6.07, 6.45) is 0. The number of rotatable bonds is 4. The quantitative estimate of drug-likeness (QED) is 0.938. The smallest absolute Gasteiger partial charge is 0.0931 e. The van der Waals surface area contributed by atoms with E-state index in [-0.39, 0.29) is 0 Å². The van der Waals surface area contributed by atoms with Gasteiger partial charge < -0.3 is 10.6 Å². The van der Waals surface area contributed by atoms with E-state index in [4.69, 9.17) is 17.3 Å². The van der Waals surface area contributed by atoms with Crippen molar-refractivity contribution >= 4 is 28.6 Å². The maximum Gasteiger partial charge on any atom is 0.0931 e. The van der Waals surface area contributed by atoms with E-state index in [2.05, 4.69) is 46.2 Å². The fraction of sp³-hybridized carbons (Fsp3) is 0.375. The minimum atomic E-state index is 0.292. The Morgan fingerprint density at radius 3 is 2.33 bits per heavy atom. The lowest BCUT2D eigenvalue weighted by Crippen LogP contribution is -2.49. The third kappa shape index (κ3) is 3.40. The van der Waals surface area contributed by atoms with Gasteiger partial charge in [0.25, 0.3) is 0 Å². The highest BCUT2D eigenvalue weighted by molar-refractivity contribution is 7.16. The molecule has 2 N–H and O–H groups in total. The van der Waals surface area contributed by atoms with Crippen molar-refractivity contribution in [1.29, 1.82) is 0 Å². The molecule has 3 nitrogen and oxygen atoms in total. The maximum atomic E-state index is 6.05. The molecule has 1 fully saturated rings. The van der Waals surface area contributed by atoms with Gasteiger partial charge in [0, 0.05) is 43.3 Å². The summed E-state index contributed by atoms with van der Waals surface area (Å²) in [6, 6.07) is 15.0. The van der Waals surface area contributed by atoms with Crippen LogP contribution in [0.1, 0.15) is 10.9 Å². The lowest BCUT2D eigenvalue weighted by molar-refractivity contribution is 0.193. The molecule has 1 atom stereocenters. The Morgan fingerprint density at radius 2 is 1.76 bits per heavy atom. The van der Waals surface area contributed by atoms with Crippen LogP contribution in [0.15, 0.2) is 42.5 Å². The van der Waals surface area contributed by atoms with Gasteiger partial charge in [0.15, 0.2) is 0 Å². The third-order valence-electron chi connectivity index (χ3n) is 4.02. The van der Waals surface area contributed by atoms with E-state index in [1.165, 1.54) is 10.6 Å². The monoisotopic (exact) mass is 321 g/mol. The molecule has 3 rings (SSSR count). The Bertz CT molecular complexity index is 564. The summed E-state index contributed by atoms with van der Waals surface area (Å²) in [5.74, 6) is 0. The first-order valence-corrected chi connectivity index (χ1v) is 8.46. The van der Waals surface area contributed by atoms with Crippen molar-refractivity contribution in [3.8, 4) is 0 Å². The zero-order valence-corrected chi connectivity index (χ0v) is 13.5. The molecule has 1 saturated heterocycles. The predicted molar refractivity (Wildman–Crippen MR) is 91.4 cm³/mol. The number of hydrogen-bond donors (Lipinski definition) is 1. The minimum Gasteiger partial charge on any atom is -0.369 e. The first kappa shape index (κ1) is 14.9. The van der Waals surface area contributed by atoms with Crippen LogP contribution in [0.3, 0.4) is 0 Å². The van der Waals surface area contributed by atoms with E-state index >= 15 is 0 Å². The lowest BCUT2D eigenvalue weighted by Gasteiger charge is -2.39. The third-order valence-corrected chi connectivity index (χ3v) is 5.35. The largest absolute Gasteiger partial charge is 0.369 e. The molecule has 0 bridgehead atoms. The van der Waals surface area contributed by atoms with Gasteiger partial charge in [0.2, 0.25) is 0 Å². The van der Waals surface area contributed by atoms with Crippen molar-refractivity contribution in [3.05, 3.63) is 51.7 Å². The van der Waals surface area contributed by atoms with Crippen molar-refractivity contribution in [2.45, 2.75) is 6.04 Å². The molecule has 1 aliphatic heterocycles. The van der Waals surface area contributed by atoms with Crippen LogP contribution in [0.25, 0.3) is 0 Å². The normalized spacial score (nSPS) is 17.9. The highest BCUT2D eigenvalue weighted by Gasteiger charge is 2.25. The molecule has 0 saturated carbocycles. The number of para-hydroxylation sites is 1. The Kier molecular flexibility index (Phi) is 4.80. The van der Waals surface area contributed by atoms with Gasteiger partial charge in [-0.25, -0.2) is 0 Å². The fourth-order valence-corrected chi connectivity index (χ4v) is 4.09. The predicted octanol–water partition coefficient (Wildman–Crippen LogP) is 3.22. The van der Waals surface area contributed by atoms with Crippen LogP contribution >= 0.6 is 22.9 Å². The highest BCUT2D eigenvalue weighted by Crippen LogP contribution is 2.31. The second kappa shape index (κ2) is 6.79. The van der Waals surface area contributed by atoms with Crippen LogP contribution in [0.4, 0.5) is 5.69 Å². The van der Waals surface area contributed by atoms with Crippen molar-refractivity contribution < 1.29 is 0 Å². The zero-order valence-electron chi connectivity index (χ0n) is 11.9.